The topological polar surface area (TPSA) is 65.0 Å². The molecule has 0 radical (unpaired) electrons. The van der Waals surface area contributed by atoms with Gasteiger partial charge >= 0.3 is 14.8 Å². The van der Waals surface area contributed by atoms with Crippen LogP contribution in [0.15, 0.2) is 11.6 Å². The number of aliphatic carboxylic acids is 1. The van der Waals surface area contributed by atoms with E-state index in [0.717, 1.165) is 0 Å². The van der Waals surface area contributed by atoms with Gasteiger partial charge in [0.2, 0.25) is 0 Å². The molecule has 0 aromatic carbocycles. The molecule has 0 saturated heterocycles. The van der Waals surface area contributed by atoms with Crippen molar-refractivity contribution in [1.82, 2.24) is 0 Å². The van der Waals surface area contributed by atoms with E-state index in [1.807, 2.05) is 41.5 Å². The zero-order valence-electron chi connectivity index (χ0n) is 14.3. The van der Waals surface area contributed by atoms with E-state index in [4.69, 9.17) is 18.4 Å². The van der Waals surface area contributed by atoms with Gasteiger partial charge in [-0.3, -0.25) is 0 Å². The minimum absolute atomic E-state index is 0.00119. The summed E-state index contributed by atoms with van der Waals surface area (Å²) in [6.07, 6.45) is 2.26. The summed E-state index contributed by atoms with van der Waals surface area (Å²) in [6, 6.07) is 0.576. The van der Waals surface area contributed by atoms with Crippen LogP contribution >= 0.6 is 0 Å². The normalized spacial score (nSPS) is 13.5. The fourth-order valence-electron chi connectivity index (χ4n) is 1.89. The van der Waals surface area contributed by atoms with Crippen LogP contribution in [0.2, 0.25) is 6.04 Å². The molecule has 6 heteroatoms. The number of carboxylic acid groups (broad SMARTS) is 1. The number of carbonyl (C=O) groups is 1. The van der Waals surface area contributed by atoms with Crippen LogP contribution in [0.4, 0.5) is 0 Å². The predicted molar refractivity (Wildman–Crippen MR) is 85.2 cm³/mol. The van der Waals surface area contributed by atoms with Gasteiger partial charge in [-0.05, 0) is 54.9 Å². The molecular weight excluding hydrogens is 288 g/mol. The summed E-state index contributed by atoms with van der Waals surface area (Å²) in [7, 11) is -2.82. The van der Waals surface area contributed by atoms with E-state index < -0.39 is 14.8 Å². The fraction of sp³-hybridized carbons (Fsp3) is 0.800. The van der Waals surface area contributed by atoms with Crippen molar-refractivity contribution in [3.8, 4) is 0 Å². The van der Waals surface area contributed by atoms with Crippen molar-refractivity contribution in [2.75, 3.05) is 0 Å². The van der Waals surface area contributed by atoms with Crippen molar-refractivity contribution in [1.29, 1.82) is 0 Å². The van der Waals surface area contributed by atoms with Gasteiger partial charge in [0.25, 0.3) is 0 Å². The van der Waals surface area contributed by atoms with Crippen LogP contribution in [0.1, 0.15) is 54.9 Å². The monoisotopic (exact) mass is 318 g/mol. The van der Waals surface area contributed by atoms with Gasteiger partial charge in [-0.15, -0.1) is 0 Å². The first-order chi connectivity index (χ1) is 9.58. The van der Waals surface area contributed by atoms with Crippen molar-refractivity contribution in [2.45, 2.75) is 79.2 Å². The Morgan fingerprint density at radius 3 is 1.67 bits per heavy atom. The van der Waals surface area contributed by atoms with Crippen LogP contribution in [0.25, 0.3) is 0 Å². The molecule has 21 heavy (non-hydrogen) atoms. The summed E-state index contributed by atoms with van der Waals surface area (Å²) in [6.45, 7) is 13.3. The molecular formula is C15H30O5Si. The molecule has 0 aliphatic rings. The standard InChI is InChI=1S/C15H30O5Si/c1-11(2)18-21(19-12(3)4,20-13(5)6)10-8-9-14(7)15(16)17/h9,11-13H,8,10H2,1-7H3,(H,16,17). The molecule has 0 spiro atoms. The lowest BCUT2D eigenvalue weighted by atomic mass is 10.2. The van der Waals surface area contributed by atoms with E-state index in [1.165, 1.54) is 0 Å². The zero-order valence-corrected chi connectivity index (χ0v) is 15.3. The highest BCUT2D eigenvalue weighted by Crippen LogP contribution is 2.24. The maximum atomic E-state index is 10.8. The lowest BCUT2D eigenvalue weighted by Crippen LogP contribution is -2.50. The number of hydrogen-bond acceptors (Lipinski definition) is 4. The smallest absolute Gasteiger partial charge is 0.478 e. The number of rotatable bonds is 10. The van der Waals surface area contributed by atoms with Crippen molar-refractivity contribution >= 4 is 14.8 Å². The molecule has 0 aromatic heterocycles. The van der Waals surface area contributed by atoms with Crippen molar-refractivity contribution in [3.05, 3.63) is 11.6 Å². The average molecular weight is 318 g/mol. The molecule has 1 N–H and O–H groups in total. The maximum absolute atomic E-state index is 10.8. The third-order valence-corrected chi connectivity index (χ3v) is 5.88. The van der Waals surface area contributed by atoms with E-state index in [2.05, 4.69) is 0 Å². The molecule has 0 aliphatic heterocycles. The second-order valence-corrected chi connectivity index (χ2v) is 8.49. The highest BCUT2D eigenvalue weighted by Gasteiger charge is 2.43. The Hall–Kier alpha value is -0.693. The average Bonchev–Trinajstić information content (AvgIpc) is 2.24. The SMILES string of the molecule is CC(=CCC[Si](OC(C)C)(OC(C)C)OC(C)C)C(=O)O. The molecule has 0 atom stereocenters. The largest absolute Gasteiger partial charge is 0.501 e. The third kappa shape index (κ3) is 9.03. The first-order valence-electron chi connectivity index (χ1n) is 7.51. The molecule has 0 unspecified atom stereocenters. The molecule has 124 valence electrons. The van der Waals surface area contributed by atoms with Crippen LogP contribution < -0.4 is 0 Å². The van der Waals surface area contributed by atoms with Gasteiger partial charge in [-0.1, -0.05) is 6.08 Å². The summed E-state index contributed by atoms with van der Waals surface area (Å²) in [4.78, 5) is 10.8. The van der Waals surface area contributed by atoms with Gasteiger partial charge < -0.3 is 18.4 Å². The van der Waals surface area contributed by atoms with Crippen molar-refractivity contribution in [3.63, 3.8) is 0 Å². The van der Waals surface area contributed by atoms with Gasteiger partial charge in [0.05, 0.1) is 0 Å². The second kappa shape index (κ2) is 9.35. The lowest BCUT2D eigenvalue weighted by Gasteiger charge is -2.34. The molecule has 0 aliphatic carbocycles. The van der Waals surface area contributed by atoms with Crippen LogP contribution in [-0.2, 0) is 18.1 Å². The second-order valence-electron chi connectivity index (χ2n) is 5.91. The number of allylic oxidation sites excluding steroid dienone is 1. The lowest BCUT2D eigenvalue weighted by molar-refractivity contribution is -0.132. The van der Waals surface area contributed by atoms with E-state index in [-0.39, 0.29) is 18.3 Å². The Labute approximate surface area is 129 Å². The van der Waals surface area contributed by atoms with Crippen LogP contribution in [-0.4, -0.2) is 38.2 Å². The van der Waals surface area contributed by atoms with Crippen molar-refractivity contribution < 1.29 is 23.2 Å². The minimum atomic E-state index is -2.82. The molecule has 0 amide bonds. The van der Waals surface area contributed by atoms with Gasteiger partial charge in [-0.2, -0.15) is 0 Å². The van der Waals surface area contributed by atoms with E-state index in [9.17, 15) is 4.79 Å². The Morgan fingerprint density at radius 1 is 1.00 bits per heavy atom. The molecule has 0 heterocycles. The maximum Gasteiger partial charge on any atom is 0.501 e. The van der Waals surface area contributed by atoms with E-state index in [0.29, 0.717) is 18.0 Å². The van der Waals surface area contributed by atoms with E-state index in [1.54, 1.807) is 13.0 Å². The first-order valence-corrected chi connectivity index (χ1v) is 9.44. The minimum Gasteiger partial charge on any atom is -0.478 e. The Kier molecular flexibility index (Phi) is 9.04. The van der Waals surface area contributed by atoms with Crippen molar-refractivity contribution in [2.24, 2.45) is 0 Å². The summed E-state index contributed by atoms with van der Waals surface area (Å²) in [5.41, 5.74) is 0.330. The van der Waals surface area contributed by atoms with Gasteiger partial charge in [0.1, 0.15) is 0 Å². The molecule has 0 saturated carbocycles. The summed E-state index contributed by atoms with van der Waals surface area (Å²) < 4.78 is 18.1. The van der Waals surface area contributed by atoms with Gasteiger partial charge in [0, 0.05) is 29.9 Å². The van der Waals surface area contributed by atoms with Gasteiger partial charge in [-0.25, -0.2) is 4.79 Å². The summed E-state index contributed by atoms with van der Waals surface area (Å²) in [5, 5.41) is 8.90. The first kappa shape index (κ1) is 20.3. The Balaban J connectivity index is 5.05. The van der Waals surface area contributed by atoms with Crippen LogP contribution in [0.5, 0.6) is 0 Å². The molecule has 0 fully saturated rings. The highest BCUT2D eigenvalue weighted by atomic mass is 28.4. The Morgan fingerprint density at radius 2 is 1.38 bits per heavy atom. The number of hydrogen-bond donors (Lipinski definition) is 1. The zero-order chi connectivity index (χ0) is 16.6. The van der Waals surface area contributed by atoms with Crippen LogP contribution in [0, 0.1) is 0 Å². The summed E-state index contributed by atoms with van der Waals surface area (Å²) >= 11 is 0. The van der Waals surface area contributed by atoms with Crippen LogP contribution in [0.3, 0.4) is 0 Å². The molecule has 0 aromatic rings. The predicted octanol–water partition coefficient (Wildman–Crippen LogP) is 3.62. The van der Waals surface area contributed by atoms with Gasteiger partial charge in [0.15, 0.2) is 0 Å². The fourth-order valence-corrected chi connectivity index (χ4v) is 5.06. The van der Waals surface area contributed by atoms with E-state index >= 15 is 0 Å². The quantitative estimate of drug-likeness (QED) is 0.492. The highest BCUT2D eigenvalue weighted by molar-refractivity contribution is 6.60. The molecule has 0 bridgehead atoms. The summed E-state index contributed by atoms with van der Waals surface area (Å²) in [5.74, 6) is -0.901. The third-order valence-electron chi connectivity index (χ3n) is 2.48. The molecule has 5 nitrogen and oxygen atoms in total. The Bertz CT molecular complexity index is 323. The molecule has 0 rings (SSSR count). The number of carboxylic acids is 1.